The van der Waals surface area contributed by atoms with E-state index in [0.717, 1.165) is 0 Å². The summed E-state index contributed by atoms with van der Waals surface area (Å²) in [6.45, 7) is 9.24. The summed E-state index contributed by atoms with van der Waals surface area (Å²) in [6.07, 6.45) is 2.49. The third-order valence-electron chi connectivity index (χ3n) is 2.91. The largest absolute Gasteiger partial charge is 0.246 e. The van der Waals surface area contributed by atoms with Crippen LogP contribution in [-0.4, -0.2) is 20.1 Å². The molecular weight excluding hydrogens is 200 g/mol. The van der Waals surface area contributed by atoms with E-state index in [1.54, 1.807) is 0 Å². The lowest BCUT2D eigenvalue weighted by Crippen LogP contribution is -2.42. The molecule has 0 aromatic heterocycles. The Morgan fingerprint density at radius 2 is 2.23 bits per heavy atom. The van der Waals surface area contributed by atoms with Crippen LogP contribution in [0.4, 0.5) is 0 Å². The van der Waals surface area contributed by atoms with Crippen molar-refractivity contribution in [1.29, 1.82) is 0 Å². The lowest BCUT2D eigenvalue weighted by molar-refractivity contribution is 0.278. The maximum atomic E-state index is 3.52. The summed E-state index contributed by atoms with van der Waals surface area (Å²) < 4.78 is 6.10. The second-order valence-electron chi connectivity index (χ2n) is 4.46. The Balaban J connectivity index is 2.17. The van der Waals surface area contributed by atoms with Gasteiger partial charge in [-0.2, -0.15) is 0 Å². The lowest BCUT2D eigenvalue weighted by Gasteiger charge is -2.38. The first-order valence-corrected chi connectivity index (χ1v) is 6.52. The van der Waals surface area contributed by atoms with Gasteiger partial charge in [-0.15, -0.1) is 0 Å². The van der Waals surface area contributed by atoms with E-state index in [4.69, 9.17) is 0 Å². The Labute approximate surface area is 89.5 Å². The first kappa shape index (κ1) is 10.1. The van der Waals surface area contributed by atoms with Gasteiger partial charge in [0.1, 0.15) is 0 Å². The molecule has 2 nitrogen and oxygen atoms in total. The fraction of sp³-hybridized carbons (Fsp3) is 1.00. The van der Waals surface area contributed by atoms with Crippen LogP contribution in [0, 0.1) is 0 Å². The Kier molecular flexibility index (Phi) is 2.38. The van der Waals surface area contributed by atoms with Gasteiger partial charge in [0.2, 0.25) is 0 Å². The zero-order valence-corrected chi connectivity index (χ0v) is 10.4. The molecule has 1 N–H and O–H groups in total. The molecule has 13 heavy (non-hydrogen) atoms. The van der Waals surface area contributed by atoms with Gasteiger partial charge in [-0.1, -0.05) is 30.8 Å². The van der Waals surface area contributed by atoms with Crippen LogP contribution in [0.3, 0.4) is 0 Å². The molecule has 2 aliphatic rings. The van der Waals surface area contributed by atoms with Crippen LogP contribution in [0.1, 0.15) is 40.5 Å². The van der Waals surface area contributed by atoms with Gasteiger partial charge in [-0.25, -0.2) is 9.03 Å². The van der Waals surface area contributed by atoms with Gasteiger partial charge in [0.15, 0.2) is 0 Å². The standard InChI is InChI=1S/C9H18N2S2/c1-5-7(2)11-9(4)6-8(3,13-11)10-12-9/h7,10H,5-6H2,1-4H3. The second-order valence-corrected chi connectivity index (χ2v) is 7.23. The molecule has 3 atom stereocenters. The number of hydrogen-bond donors (Lipinski definition) is 1. The molecule has 0 amide bonds. The predicted octanol–water partition coefficient (Wildman–Crippen LogP) is 2.82. The van der Waals surface area contributed by atoms with Crippen molar-refractivity contribution in [1.82, 2.24) is 9.03 Å². The molecule has 4 heteroatoms. The minimum Gasteiger partial charge on any atom is -0.246 e. The van der Waals surface area contributed by atoms with E-state index in [2.05, 4.69) is 36.7 Å². The molecular formula is C9H18N2S2. The predicted molar refractivity (Wildman–Crippen MR) is 61.3 cm³/mol. The molecule has 0 spiro atoms. The van der Waals surface area contributed by atoms with Crippen molar-refractivity contribution < 1.29 is 0 Å². The zero-order chi connectivity index (χ0) is 9.69. The minimum atomic E-state index is 0.281. The number of fused-ring (bicyclic) bond motifs is 2. The van der Waals surface area contributed by atoms with Gasteiger partial charge in [0.25, 0.3) is 0 Å². The summed E-state index contributed by atoms with van der Waals surface area (Å²) >= 11 is 3.90. The van der Waals surface area contributed by atoms with E-state index in [-0.39, 0.29) is 4.87 Å². The molecule has 0 radical (unpaired) electrons. The Bertz CT molecular complexity index is 224. The molecule has 2 bridgehead atoms. The summed E-state index contributed by atoms with van der Waals surface area (Å²) in [4.78, 5) is 0.595. The van der Waals surface area contributed by atoms with Crippen molar-refractivity contribution >= 4 is 23.9 Å². The maximum Gasteiger partial charge on any atom is 0.0911 e. The average molecular weight is 218 g/mol. The van der Waals surface area contributed by atoms with Crippen molar-refractivity contribution in [2.45, 2.75) is 56.3 Å². The van der Waals surface area contributed by atoms with Crippen LogP contribution in [0.2, 0.25) is 0 Å². The molecule has 2 heterocycles. The van der Waals surface area contributed by atoms with Crippen LogP contribution in [0.15, 0.2) is 0 Å². The molecule has 0 aliphatic carbocycles. The van der Waals surface area contributed by atoms with Crippen molar-refractivity contribution in [2.75, 3.05) is 0 Å². The highest BCUT2D eigenvalue weighted by atomic mass is 32.2. The number of hydrogen-bond acceptors (Lipinski definition) is 4. The molecule has 2 saturated heterocycles. The number of nitrogens with one attached hydrogen (secondary N) is 1. The van der Waals surface area contributed by atoms with Gasteiger partial charge in [-0.3, -0.25) is 0 Å². The third-order valence-corrected chi connectivity index (χ3v) is 6.10. The Hall–Kier alpha value is 0.620. The normalized spacial score (nSPS) is 47.1. The number of rotatable bonds is 2. The highest BCUT2D eigenvalue weighted by Crippen LogP contribution is 2.59. The third kappa shape index (κ3) is 1.52. The molecule has 0 aromatic rings. The molecule has 3 unspecified atom stereocenters. The van der Waals surface area contributed by atoms with Crippen LogP contribution < -0.4 is 4.72 Å². The number of nitrogens with zero attached hydrogens (tertiary/aromatic N) is 1. The SMILES string of the molecule is CCC(C)N1SC2(C)CC1(C)SN2. The summed E-state index contributed by atoms with van der Waals surface area (Å²) in [6, 6.07) is 0.687. The second kappa shape index (κ2) is 3.05. The average Bonchev–Trinajstić information content (AvgIpc) is 2.51. The molecule has 2 rings (SSSR count). The monoisotopic (exact) mass is 218 g/mol. The van der Waals surface area contributed by atoms with Crippen molar-refractivity contribution in [2.24, 2.45) is 0 Å². The molecule has 76 valence electrons. The topological polar surface area (TPSA) is 15.3 Å². The van der Waals surface area contributed by atoms with Gasteiger partial charge in [0.05, 0.1) is 9.74 Å². The van der Waals surface area contributed by atoms with Crippen LogP contribution in [-0.2, 0) is 0 Å². The quantitative estimate of drug-likeness (QED) is 0.717. The van der Waals surface area contributed by atoms with Crippen LogP contribution in [0.25, 0.3) is 0 Å². The van der Waals surface area contributed by atoms with E-state index < -0.39 is 0 Å². The summed E-state index contributed by atoms with van der Waals surface area (Å²) in [7, 11) is 0. The first-order valence-electron chi connectivity index (χ1n) is 4.93. The van der Waals surface area contributed by atoms with Gasteiger partial charge < -0.3 is 0 Å². The van der Waals surface area contributed by atoms with E-state index in [0.29, 0.717) is 10.9 Å². The summed E-state index contributed by atoms with van der Waals surface area (Å²) in [5, 5.41) is 0. The lowest BCUT2D eigenvalue weighted by atomic mass is 10.1. The fourth-order valence-corrected chi connectivity index (χ4v) is 5.22. The van der Waals surface area contributed by atoms with E-state index in [9.17, 15) is 0 Å². The summed E-state index contributed by atoms with van der Waals surface area (Å²) in [5.41, 5.74) is 0. The highest BCUT2D eigenvalue weighted by Gasteiger charge is 2.57. The Morgan fingerprint density at radius 3 is 2.62 bits per heavy atom. The van der Waals surface area contributed by atoms with Crippen LogP contribution in [0.5, 0.6) is 0 Å². The van der Waals surface area contributed by atoms with E-state index >= 15 is 0 Å². The molecule has 0 aromatic carbocycles. The first-order chi connectivity index (χ1) is 5.99. The minimum absolute atomic E-state index is 0.281. The fourth-order valence-electron chi connectivity index (χ4n) is 2.13. The van der Waals surface area contributed by atoms with Crippen molar-refractivity contribution in [3.8, 4) is 0 Å². The molecule has 2 aliphatic heterocycles. The van der Waals surface area contributed by atoms with E-state index in [1.807, 2.05) is 23.9 Å². The molecule has 2 fully saturated rings. The van der Waals surface area contributed by atoms with Gasteiger partial charge in [0, 0.05) is 12.5 Å². The molecule has 0 saturated carbocycles. The zero-order valence-electron chi connectivity index (χ0n) is 8.76. The smallest absolute Gasteiger partial charge is 0.0911 e. The summed E-state index contributed by atoms with van der Waals surface area (Å²) in [5.74, 6) is 0. The van der Waals surface area contributed by atoms with Gasteiger partial charge >= 0.3 is 0 Å². The van der Waals surface area contributed by atoms with Crippen LogP contribution >= 0.6 is 23.9 Å². The highest BCUT2D eigenvalue weighted by molar-refractivity contribution is 8.06. The van der Waals surface area contributed by atoms with E-state index in [1.165, 1.54) is 12.8 Å². The Morgan fingerprint density at radius 1 is 1.54 bits per heavy atom. The maximum absolute atomic E-state index is 3.52. The van der Waals surface area contributed by atoms with Crippen molar-refractivity contribution in [3.63, 3.8) is 0 Å². The van der Waals surface area contributed by atoms with Gasteiger partial charge in [-0.05, 0) is 27.2 Å². The van der Waals surface area contributed by atoms with Crippen molar-refractivity contribution in [3.05, 3.63) is 0 Å².